The number of hydrazone groups is 1. The van der Waals surface area contributed by atoms with E-state index in [1.807, 2.05) is 36.4 Å². The quantitative estimate of drug-likeness (QED) is 0.534. The van der Waals surface area contributed by atoms with Crippen LogP contribution in [0.25, 0.3) is 0 Å². The number of carbonyl (C=O) groups excluding carboxylic acids is 2. The monoisotopic (exact) mass is 539 g/mol. The molecule has 0 spiro atoms. The molecule has 1 unspecified atom stereocenters. The number of rotatable bonds is 8. The Kier molecular flexibility index (Phi) is 8.07. The summed E-state index contributed by atoms with van der Waals surface area (Å²) in [6.07, 6.45) is 4.32. The topological polar surface area (TPSA) is 82.2 Å². The molecule has 37 heavy (non-hydrogen) atoms. The van der Waals surface area contributed by atoms with Gasteiger partial charge in [-0.1, -0.05) is 54.6 Å². The van der Waals surface area contributed by atoms with Crippen molar-refractivity contribution in [1.82, 2.24) is 9.91 Å². The molecule has 0 bridgehead atoms. The van der Waals surface area contributed by atoms with Gasteiger partial charge < -0.3 is 10.6 Å². The standard InChI is InChI=1S/C28H34ClN5O2S/c1-19-12-14-32(15-13-19)17-21-4-9-23(10-5-21)33-18-24(16-26(33)35)34-28(27(30)36)37-25(31-34)11-6-20-2-7-22(29)8-3-20/h2-5,7-10,19,24,28H,6,11-18H2,1H3,(H2,30,36)/t24-,28?/m1/s1. The van der Waals surface area contributed by atoms with Crippen molar-refractivity contribution in [1.29, 1.82) is 0 Å². The van der Waals surface area contributed by atoms with Gasteiger partial charge in [-0.15, -0.1) is 0 Å². The van der Waals surface area contributed by atoms with Gasteiger partial charge in [0.15, 0.2) is 5.37 Å². The maximum atomic E-state index is 13.0. The number of nitrogens with two attached hydrogens (primary N) is 1. The predicted molar refractivity (Wildman–Crippen MR) is 150 cm³/mol. The lowest BCUT2D eigenvalue weighted by Crippen LogP contribution is -2.44. The molecule has 5 rings (SSSR count). The number of nitrogens with zero attached hydrogens (tertiary/aromatic N) is 4. The summed E-state index contributed by atoms with van der Waals surface area (Å²) in [7, 11) is 0. The summed E-state index contributed by atoms with van der Waals surface area (Å²) in [6.45, 7) is 6.05. The Labute approximate surface area is 228 Å². The number of halogens is 1. The molecule has 3 aliphatic heterocycles. The van der Waals surface area contributed by atoms with Crippen LogP contribution in [0.4, 0.5) is 5.69 Å². The maximum Gasteiger partial charge on any atom is 0.252 e. The second-order valence-corrected chi connectivity index (χ2v) is 12.0. The number of hydrogen-bond donors (Lipinski definition) is 1. The van der Waals surface area contributed by atoms with Gasteiger partial charge in [0.1, 0.15) is 0 Å². The van der Waals surface area contributed by atoms with Crippen molar-refractivity contribution in [2.45, 2.75) is 57.0 Å². The highest BCUT2D eigenvalue weighted by atomic mass is 35.5. The van der Waals surface area contributed by atoms with Crippen LogP contribution in [0, 0.1) is 5.92 Å². The van der Waals surface area contributed by atoms with Crippen LogP contribution in [-0.2, 0) is 22.6 Å². The van der Waals surface area contributed by atoms with Crippen molar-refractivity contribution in [3.63, 3.8) is 0 Å². The van der Waals surface area contributed by atoms with Gasteiger partial charge in [0.25, 0.3) is 5.91 Å². The van der Waals surface area contributed by atoms with Crippen LogP contribution in [0.2, 0.25) is 5.02 Å². The van der Waals surface area contributed by atoms with E-state index in [2.05, 4.69) is 24.0 Å². The highest BCUT2D eigenvalue weighted by Gasteiger charge is 2.42. The zero-order valence-electron chi connectivity index (χ0n) is 21.2. The molecule has 2 amide bonds. The highest BCUT2D eigenvalue weighted by molar-refractivity contribution is 8.15. The summed E-state index contributed by atoms with van der Waals surface area (Å²) < 4.78 is 0. The summed E-state index contributed by atoms with van der Waals surface area (Å²) >= 11 is 7.38. The first-order valence-corrected chi connectivity index (χ1v) is 14.3. The van der Waals surface area contributed by atoms with Crippen LogP contribution in [-0.4, -0.2) is 57.8 Å². The number of amides is 2. The second-order valence-electron chi connectivity index (χ2n) is 10.4. The molecule has 2 aromatic rings. The highest BCUT2D eigenvalue weighted by Crippen LogP contribution is 2.34. The molecule has 2 N–H and O–H groups in total. The number of carbonyl (C=O) groups is 2. The minimum Gasteiger partial charge on any atom is -0.367 e. The van der Waals surface area contributed by atoms with Crippen LogP contribution in [0.1, 0.15) is 43.7 Å². The molecule has 0 saturated carbocycles. The molecule has 0 radical (unpaired) electrons. The molecule has 3 heterocycles. The van der Waals surface area contributed by atoms with Gasteiger partial charge >= 0.3 is 0 Å². The molecule has 2 atom stereocenters. The SMILES string of the molecule is CC1CCN(Cc2ccc(N3C[C@H](N4N=C(CCc5ccc(Cl)cc5)SC4C(N)=O)CC3=O)cc2)CC1. The number of anilines is 1. The first kappa shape index (κ1) is 26.1. The van der Waals surface area contributed by atoms with Crippen molar-refractivity contribution in [3.05, 3.63) is 64.7 Å². The molecule has 2 aromatic carbocycles. The third-order valence-corrected chi connectivity index (χ3v) is 8.99. The molecule has 7 nitrogen and oxygen atoms in total. The van der Waals surface area contributed by atoms with E-state index in [0.717, 1.165) is 48.3 Å². The summed E-state index contributed by atoms with van der Waals surface area (Å²) in [5.41, 5.74) is 9.04. The van der Waals surface area contributed by atoms with Gasteiger partial charge in [-0.25, -0.2) is 0 Å². The minimum atomic E-state index is -0.590. The van der Waals surface area contributed by atoms with Gasteiger partial charge in [-0.2, -0.15) is 5.10 Å². The lowest BCUT2D eigenvalue weighted by atomic mass is 9.99. The smallest absolute Gasteiger partial charge is 0.252 e. The van der Waals surface area contributed by atoms with Crippen molar-refractivity contribution in [2.75, 3.05) is 24.5 Å². The zero-order chi connectivity index (χ0) is 25.9. The Hall–Kier alpha value is -2.55. The predicted octanol–water partition coefficient (Wildman–Crippen LogP) is 4.48. The van der Waals surface area contributed by atoms with Gasteiger partial charge in [-0.3, -0.25) is 19.5 Å². The maximum absolute atomic E-state index is 13.0. The minimum absolute atomic E-state index is 0.0424. The van der Waals surface area contributed by atoms with Crippen LogP contribution in [0.5, 0.6) is 0 Å². The molecule has 9 heteroatoms. The first-order chi connectivity index (χ1) is 17.9. The van der Waals surface area contributed by atoms with Gasteiger partial charge in [0.2, 0.25) is 5.91 Å². The van der Waals surface area contributed by atoms with E-state index in [1.54, 1.807) is 9.91 Å². The van der Waals surface area contributed by atoms with E-state index in [1.165, 1.54) is 30.2 Å². The Balaban J connectivity index is 1.21. The van der Waals surface area contributed by atoms with Crippen molar-refractivity contribution in [3.8, 4) is 0 Å². The van der Waals surface area contributed by atoms with Crippen molar-refractivity contribution < 1.29 is 9.59 Å². The third kappa shape index (κ3) is 6.30. The Morgan fingerprint density at radius 1 is 1.05 bits per heavy atom. The van der Waals surface area contributed by atoms with Crippen LogP contribution >= 0.6 is 23.4 Å². The van der Waals surface area contributed by atoms with E-state index in [0.29, 0.717) is 24.4 Å². The fourth-order valence-corrected chi connectivity index (χ4v) is 6.42. The van der Waals surface area contributed by atoms with E-state index < -0.39 is 11.3 Å². The van der Waals surface area contributed by atoms with Gasteiger partial charge in [0, 0.05) is 30.2 Å². The van der Waals surface area contributed by atoms with Crippen molar-refractivity contribution >= 4 is 45.9 Å². The van der Waals surface area contributed by atoms with Crippen LogP contribution in [0.3, 0.4) is 0 Å². The number of aryl methyl sites for hydroxylation is 1. The molecule has 196 valence electrons. The Morgan fingerprint density at radius 2 is 1.73 bits per heavy atom. The normalized spacial score (nSPS) is 23.1. The lowest BCUT2D eigenvalue weighted by Gasteiger charge is -2.30. The molecular weight excluding hydrogens is 506 g/mol. The molecule has 0 aromatic heterocycles. The number of likely N-dealkylation sites (tertiary alicyclic amines) is 1. The fraction of sp³-hybridized carbons (Fsp3) is 0.464. The van der Waals surface area contributed by atoms with Crippen LogP contribution < -0.4 is 10.6 Å². The van der Waals surface area contributed by atoms with E-state index in [-0.39, 0.29) is 11.9 Å². The summed E-state index contributed by atoms with van der Waals surface area (Å²) in [6, 6.07) is 15.9. The first-order valence-electron chi connectivity index (χ1n) is 13.0. The molecule has 2 fully saturated rings. The molecular formula is C28H34ClN5O2S. The third-order valence-electron chi connectivity index (χ3n) is 7.51. The number of benzene rings is 2. The Bertz CT molecular complexity index is 1150. The van der Waals surface area contributed by atoms with Gasteiger partial charge in [-0.05, 0) is 73.7 Å². The average Bonchev–Trinajstić information content (AvgIpc) is 3.49. The number of primary amides is 1. The van der Waals surface area contributed by atoms with E-state index >= 15 is 0 Å². The molecule has 2 saturated heterocycles. The zero-order valence-corrected chi connectivity index (χ0v) is 22.8. The summed E-state index contributed by atoms with van der Waals surface area (Å²) in [5, 5.41) is 7.49. The summed E-state index contributed by atoms with van der Waals surface area (Å²) in [4.78, 5) is 29.5. The van der Waals surface area contributed by atoms with E-state index in [9.17, 15) is 9.59 Å². The largest absolute Gasteiger partial charge is 0.367 e. The number of hydrogen-bond acceptors (Lipinski definition) is 6. The number of thioether (sulfide) groups is 1. The molecule has 3 aliphatic rings. The lowest BCUT2D eigenvalue weighted by molar-refractivity contribution is -0.121. The Morgan fingerprint density at radius 3 is 2.41 bits per heavy atom. The van der Waals surface area contributed by atoms with Crippen molar-refractivity contribution in [2.24, 2.45) is 16.8 Å². The fourth-order valence-electron chi connectivity index (χ4n) is 5.24. The average molecular weight is 540 g/mol. The molecule has 0 aliphatic carbocycles. The summed E-state index contributed by atoms with van der Waals surface area (Å²) in [5.74, 6) is 0.429. The van der Waals surface area contributed by atoms with E-state index in [4.69, 9.17) is 22.4 Å². The van der Waals surface area contributed by atoms with Crippen LogP contribution in [0.15, 0.2) is 53.6 Å². The second kappa shape index (κ2) is 11.5. The van der Waals surface area contributed by atoms with Gasteiger partial charge in [0.05, 0.1) is 17.5 Å². The number of piperidine rings is 1.